The molecular formula is C21H23ClN2O5S. The van der Waals surface area contributed by atoms with E-state index in [1.807, 2.05) is 30.3 Å². The van der Waals surface area contributed by atoms with Crippen molar-refractivity contribution in [2.75, 3.05) is 0 Å². The largest absolute Gasteiger partial charge is 0.357 e. The molecule has 1 heterocycles. The lowest BCUT2D eigenvalue weighted by Gasteiger charge is -2.08. The summed E-state index contributed by atoms with van der Waals surface area (Å²) < 4.78 is 50.2. The molecule has 0 spiro atoms. The number of halogens is 1. The fourth-order valence-electron chi connectivity index (χ4n) is 3.16. The highest BCUT2D eigenvalue weighted by Gasteiger charge is 2.14. The van der Waals surface area contributed by atoms with Crippen LogP contribution in [0.5, 0.6) is 0 Å². The average Bonchev–Trinajstić information content (AvgIpc) is 2.67. The van der Waals surface area contributed by atoms with Crippen LogP contribution >= 0.6 is 0 Å². The zero-order chi connectivity index (χ0) is 22.3. The Morgan fingerprint density at radius 2 is 1.37 bits per heavy atom. The topological polar surface area (TPSA) is 133 Å². The number of aromatic nitrogens is 1. The van der Waals surface area contributed by atoms with Gasteiger partial charge in [-0.2, -0.15) is 4.57 Å². The lowest BCUT2D eigenvalue weighted by Crippen LogP contribution is -2.42. The van der Waals surface area contributed by atoms with Crippen LogP contribution in [-0.2, 0) is 23.0 Å². The molecule has 0 saturated carbocycles. The SMILES string of the molecule is Cc1cc(-c2ccccc2)cc(C)[n+]1CCc1ccc(S(N)(=O)=O)cc1.[O-][Cl+2]([O-])[O-]. The maximum absolute atomic E-state index is 11.3. The third-order valence-electron chi connectivity index (χ3n) is 4.56. The Hall–Kier alpha value is -2.33. The first-order chi connectivity index (χ1) is 14.1. The molecule has 0 aliphatic rings. The molecule has 3 aromatic rings. The fraction of sp³-hybridized carbons (Fsp3) is 0.190. The van der Waals surface area contributed by atoms with Gasteiger partial charge in [-0.05, 0) is 28.8 Å². The van der Waals surface area contributed by atoms with Gasteiger partial charge in [-0.3, -0.25) is 0 Å². The molecule has 2 aromatic carbocycles. The minimum absolute atomic E-state index is 0.147. The maximum atomic E-state index is 11.3. The van der Waals surface area contributed by atoms with Crippen LogP contribution in [0.2, 0.25) is 0 Å². The van der Waals surface area contributed by atoms with Crippen molar-refractivity contribution in [1.29, 1.82) is 0 Å². The highest BCUT2D eigenvalue weighted by molar-refractivity contribution is 7.89. The number of benzene rings is 2. The molecule has 0 bridgehead atoms. The van der Waals surface area contributed by atoms with Gasteiger partial charge < -0.3 is 14.0 Å². The first kappa shape index (κ1) is 23.9. The number of hydrogen-bond acceptors (Lipinski definition) is 5. The normalized spacial score (nSPS) is 11.2. The second-order valence-corrected chi connectivity index (χ2v) is 8.61. The minimum atomic E-state index is -3.64. The molecule has 0 radical (unpaired) electrons. The highest BCUT2D eigenvalue weighted by atomic mass is 35.6. The number of primary sulfonamides is 1. The maximum Gasteiger partial charge on any atom is 0.238 e. The third kappa shape index (κ3) is 7.17. The number of pyridine rings is 1. The van der Waals surface area contributed by atoms with E-state index in [1.165, 1.54) is 22.5 Å². The van der Waals surface area contributed by atoms with Crippen molar-refractivity contribution in [3.05, 3.63) is 83.7 Å². The smallest absolute Gasteiger partial charge is 0.238 e. The number of nitrogens with zero attached hydrogens (tertiary/aromatic N) is 1. The van der Waals surface area contributed by atoms with Crippen LogP contribution < -0.4 is 23.7 Å². The van der Waals surface area contributed by atoms with Crippen molar-refractivity contribution in [1.82, 2.24) is 0 Å². The molecular weight excluding hydrogens is 428 g/mol. The molecule has 2 N–H and O–H groups in total. The van der Waals surface area contributed by atoms with E-state index in [0.717, 1.165) is 18.5 Å². The zero-order valence-electron chi connectivity index (χ0n) is 16.6. The Balaban J connectivity index is 0.000000735. The second-order valence-electron chi connectivity index (χ2n) is 6.67. The van der Waals surface area contributed by atoms with Crippen molar-refractivity contribution in [2.45, 2.75) is 31.7 Å². The molecule has 160 valence electrons. The van der Waals surface area contributed by atoms with E-state index in [4.69, 9.17) is 19.1 Å². The molecule has 0 atom stereocenters. The fourth-order valence-corrected chi connectivity index (χ4v) is 3.68. The molecule has 1 aromatic heterocycles. The highest BCUT2D eigenvalue weighted by Crippen LogP contribution is 2.19. The number of sulfonamides is 1. The van der Waals surface area contributed by atoms with Crippen LogP contribution in [0, 0.1) is 24.6 Å². The van der Waals surface area contributed by atoms with E-state index in [-0.39, 0.29) is 4.90 Å². The van der Waals surface area contributed by atoms with Gasteiger partial charge in [0.15, 0.2) is 17.9 Å². The number of hydrogen-bond donors (Lipinski definition) is 1. The van der Waals surface area contributed by atoms with Crippen LogP contribution in [0.15, 0.2) is 71.6 Å². The minimum Gasteiger partial charge on any atom is -0.357 e. The summed E-state index contributed by atoms with van der Waals surface area (Å²) in [6.45, 7) is 5.06. The van der Waals surface area contributed by atoms with Crippen LogP contribution in [0.3, 0.4) is 0 Å². The molecule has 0 aliphatic carbocycles. The first-order valence-corrected chi connectivity index (χ1v) is 11.5. The predicted molar refractivity (Wildman–Crippen MR) is 103 cm³/mol. The molecule has 3 rings (SSSR count). The molecule has 0 aliphatic heterocycles. The van der Waals surface area contributed by atoms with E-state index < -0.39 is 20.8 Å². The van der Waals surface area contributed by atoms with Gasteiger partial charge in [0.05, 0.1) is 15.7 Å². The first-order valence-electron chi connectivity index (χ1n) is 8.99. The number of aryl methyl sites for hydroxylation is 3. The predicted octanol–water partition coefficient (Wildman–Crippen LogP) is -0.419. The van der Waals surface area contributed by atoms with Crippen LogP contribution in [0.4, 0.5) is 0 Å². The Labute approximate surface area is 179 Å². The second kappa shape index (κ2) is 10.6. The monoisotopic (exact) mass is 450 g/mol. The summed E-state index contributed by atoms with van der Waals surface area (Å²) in [6, 6.07) is 21.5. The lowest BCUT2D eigenvalue weighted by molar-refractivity contribution is -1.73. The van der Waals surface area contributed by atoms with Crippen molar-refractivity contribution in [3.8, 4) is 11.1 Å². The third-order valence-corrected chi connectivity index (χ3v) is 5.49. The average molecular weight is 451 g/mol. The summed E-state index contributed by atoms with van der Waals surface area (Å²) in [7, 11) is -6.49. The van der Waals surface area contributed by atoms with Gasteiger partial charge in [0.25, 0.3) is 0 Å². The molecule has 0 saturated heterocycles. The quantitative estimate of drug-likeness (QED) is 0.527. The van der Waals surface area contributed by atoms with E-state index in [0.29, 0.717) is 0 Å². The van der Waals surface area contributed by atoms with E-state index in [9.17, 15) is 8.42 Å². The number of nitrogens with two attached hydrogens (primary N) is 1. The molecule has 0 amide bonds. The molecule has 7 nitrogen and oxygen atoms in total. The van der Waals surface area contributed by atoms with Crippen molar-refractivity contribution >= 4 is 10.0 Å². The van der Waals surface area contributed by atoms with E-state index >= 15 is 0 Å². The van der Waals surface area contributed by atoms with Gasteiger partial charge in [0.2, 0.25) is 10.0 Å². The Morgan fingerprint density at radius 1 is 0.867 bits per heavy atom. The summed E-state index contributed by atoms with van der Waals surface area (Å²) >= 11 is 0. The van der Waals surface area contributed by atoms with Gasteiger partial charge in [0, 0.05) is 32.4 Å². The summed E-state index contributed by atoms with van der Waals surface area (Å²) in [4.78, 5) is 0.147. The molecule has 30 heavy (non-hydrogen) atoms. The van der Waals surface area contributed by atoms with Crippen molar-refractivity contribution in [2.24, 2.45) is 5.14 Å². The van der Waals surface area contributed by atoms with Gasteiger partial charge in [-0.1, -0.05) is 42.5 Å². The van der Waals surface area contributed by atoms with Gasteiger partial charge in [-0.25, -0.2) is 13.6 Å². The summed E-state index contributed by atoms with van der Waals surface area (Å²) in [6.07, 6.45) is 0.821. The number of rotatable bonds is 5. The Kier molecular flexibility index (Phi) is 8.48. The van der Waals surface area contributed by atoms with Crippen molar-refractivity contribution in [3.63, 3.8) is 0 Å². The van der Waals surface area contributed by atoms with Crippen molar-refractivity contribution < 1.29 is 37.7 Å². The van der Waals surface area contributed by atoms with Crippen LogP contribution in [-0.4, -0.2) is 8.42 Å². The summed E-state index contributed by atoms with van der Waals surface area (Å²) in [5.74, 6) is 0. The Morgan fingerprint density at radius 3 is 1.83 bits per heavy atom. The molecule has 0 fully saturated rings. The van der Waals surface area contributed by atoms with Crippen LogP contribution in [0.25, 0.3) is 11.1 Å². The summed E-state index contributed by atoms with van der Waals surface area (Å²) in [5.41, 5.74) is 5.91. The zero-order valence-corrected chi connectivity index (χ0v) is 18.2. The van der Waals surface area contributed by atoms with Gasteiger partial charge >= 0.3 is 0 Å². The molecule has 9 heteroatoms. The molecule has 0 unspecified atom stereocenters. The standard InChI is InChI=1S/C21H23N2O2S.ClO3/c1-16-14-20(19-6-4-3-5-7-19)15-17(2)23(16)13-12-18-8-10-21(11-9-18)26(22,24)25;2-1(3)4/h3-11,14-15H,12-13H2,1-2H3,(H2,22,24,25);/q+1;-1. The van der Waals surface area contributed by atoms with Gasteiger partial charge in [0.1, 0.15) is 0 Å². The van der Waals surface area contributed by atoms with Gasteiger partial charge in [-0.15, -0.1) is 0 Å². The lowest BCUT2D eigenvalue weighted by atomic mass is 10.0. The van der Waals surface area contributed by atoms with E-state index in [2.05, 4.69) is 42.7 Å². The van der Waals surface area contributed by atoms with Crippen LogP contribution in [0.1, 0.15) is 17.0 Å². The van der Waals surface area contributed by atoms with E-state index in [1.54, 1.807) is 12.1 Å². The Bertz CT molecular complexity index is 1050. The summed E-state index contributed by atoms with van der Waals surface area (Å²) in [5, 5.41) is 5.14.